The zero-order chi connectivity index (χ0) is 15.9. The number of fused-ring (bicyclic) bond motifs is 1. The summed E-state index contributed by atoms with van der Waals surface area (Å²) in [5, 5.41) is 9.48. The first-order valence-electron chi connectivity index (χ1n) is 6.54. The van der Waals surface area contributed by atoms with Gasteiger partial charge in [0, 0.05) is 12.6 Å². The van der Waals surface area contributed by atoms with Gasteiger partial charge in [0.2, 0.25) is 0 Å². The summed E-state index contributed by atoms with van der Waals surface area (Å²) in [7, 11) is 3.18. The summed E-state index contributed by atoms with van der Waals surface area (Å²) in [5.74, 6) is -1.40. The van der Waals surface area contributed by atoms with E-state index in [0.717, 1.165) is 0 Å². The third-order valence-electron chi connectivity index (χ3n) is 3.56. The molecule has 2 aromatic carbocycles. The molecule has 0 aliphatic rings. The molecule has 22 heavy (non-hydrogen) atoms. The van der Waals surface area contributed by atoms with Crippen molar-refractivity contribution in [3.8, 4) is 16.9 Å². The summed E-state index contributed by atoms with van der Waals surface area (Å²) in [5.41, 5.74) is 1.62. The van der Waals surface area contributed by atoms with Crippen LogP contribution in [0.15, 0.2) is 36.7 Å². The van der Waals surface area contributed by atoms with Crippen LogP contribution in [0.4, 0.5) is 4.39 Å². The highest BCUT2D eigenvalue weighted by molar-refractivity contribution is 6.01. The van der Waals surface area contributed by atoms with E-state index in [2.05, 4.69) is 4.98 Å². The molecule has 0 bridgehead atoms. The van der Waals surface area contributed by atoms with E-state index in [1.807, 2.05) is 0 Å². The summed E-state index contributed by atoms with van der Waals surface area (Å²) in [4.78, 5) is 15.8. The maximum atomic E-state index is 14.3. The van der Waals surface area contributed by atoms with Crippen LogP contribution in [0, 0.1) is 5.82 Å². The standard InChI is InChI=1S/C16H13FN2O3/c1-19-8-18-12-6-9(10(16(20)21)7-13(12)19)15-11(17)4-3-5-14(15)22-2/h3-8H,1-2H3,(H,20,21). The largest absolute Gasteiger partial charge is 0.496 e. The van der Waals surface area contributed by atoms with Gasteiger partial charge in [-0.2, -0.15) is 0 Å². The molecule has 0 aliphatic carbocycles. The summed E-state index contributed by atoms with van der Waals surface area (Å²) >= 11 is 0. The summed E-state index contributed by atoms with van der Waals surface area (Å²) in [6.07, 6.45) is 1.58. The Labute approximate surface area is 125 Å². The lowest BCUT2D eigenvalue weighted by atomic mass is 9.97. The minimum absolute atomic E-state index is 0.000463. The van der Waals surface area contributed by atoms with Gasteiger partial charge in [0.25, 0.3) is 0 Å². The van der Waals surface area contributed by atoms with Crippen LogP contribution in [0.25, 0.3) is 22.2 Å². The lowest BCUT2D eigenvalue weighted by Crippen LogP contribution is -2.03. The quantitative estimate of drug-likeness (QED) is 0.807. The molecular formula is C16H13FN2O3. The van der Waals surface area contributed by atoms with Gasteiger partial charge in [-0.15, -0.1) is 0 Å². The van der Waals surface area contributed by atoms with Crippen LogP contribution in [0.5, 0.6) is 5.75 Å². The molecule has 0 radical (unpaired) electrons. The second kappa shape index (κ2) is 5.14. The van der Waals surface area contributed by atoms with E-state index in [-0.39, 0.29) is 22.4 Å². The number of carbonyl (C=O) groups is 1. The van der Waals surface area contributed by atoms with E-state index in [4.69, 9.17) is 4.74 Å². The third kappa shape index (κ3) is 2.09. The van der Waals surface area contributed by atoms with Gasteiger partial charge >= 0.3 is 5.97 Å². The van der Waals surface area contributed by atoms with Gasteiger partial charge in [-0.05, 0) is 24.3 Å². The van der Waals surface area contributed by atoms with Gasteiger partial charge in [0.1, 0.15) is 11.6 Å². The highest BCUT2D eigenvalue weighted by atomic mass is 19.1. The summed E-state index contributed by atoms with van der Waals surface area (Å²) in [6, 6.07) is 7.43. The Morgan fingerprint density at radius 3 is 2.82 bits per heavy atom. The Morgan fingerprint density at radius 1 is 1.36 bits per heavy atom. The minimum atomic E-state index is -1.14. The zero-order valence-corrected chi connectivity index (χ0v) is 12.0. The predicted molar refractivity (Wildman–Crippen MR) is 79.6 cm³/mol. The van der Waals surface area contributed by atoms with Crippen LogP contribution in [0.2, 0.25) is 0 Å². The number of hydrogen-bond donors (Lipinski definition) is 1. The van der Waals surface area contributed by atoms with E-state index in [1.165, 1.54) is 25.3 Å². The van der Waals surface area contributed by atoms with Gasteiger partial charge in [-0.3, -0.25) is 0 Å². The Hall–Kier alpha value is -2.89. The molecule has 0 saturated carbocycles. The smallest absolute Gasteiger partial charge is 0.336 e. The molecule has 1 aromatic heterocycles. The Morgan fingerprint density at radius 2 is 2.14 bits per heavy atom. The normalized spacial score (nSPS) is 10.9. The van der Waals surface area contributed by atoms with Gasteiger partial charge in [0.15, 0.2) is 0 Å². The monoisotopic (exact) mass is 300 g/mol. The molecule has 6 heteroatoms. The molecule has 112 valence electrons. The fourth-order valence-electron chi connectivity index (χ4n) is 2.49. The fraction of sp³-hybridized carbons (Fsp3) is 0.125. The zero-order valence-electron chi connectivity index (χ0n) is 12.0. The second-order valence-corrected chi connectivity index (χ2v) is 4.86. The number of aryl methyl sites for hydroxylation is 1. The molecule has 0 amide bonds. The predicted octanol–water partition coefficient (Wildman–Crippen LogP) is 3.09. The molecule has 1 N–H and O–H groups in total. The first-order valence-corrected chi connectivity index (χ1v) is 6.54. The van der Waals surface area contributed by atoms with E-state index in [1.54, 1.807) is 30.1 Å². The molecule has 0 unspecified atom stereocenters. The van der Waals surface area contributed by atoms with Crippen LogP contribution in [0.3, 0.4) is 0 Å². The molecule has 0 saturated heterocycles. The number of aromatic nitrogens is 2. The number of carboxylic acid groups (broad SMARTS) is 1. The van der Waals surface area contributed by atoms with Crippen molar-refractivity contribution in [2.45, 2.75) is 0 Å². The molecule has 1 heterocycles. The van der Waals surface area contributed by atoms with Crippen molar-refractivity contribution in [2.75, 3.05) is 7.11 Å². The Balaban J connectivity index is 2.40. The van der Waals surface area contributed by atoms with Crippen molar-refractivity contribution in [1.82, 2.24) is 9.55 Å². The number of aromatic carboxylic acids is 1. The van der Waals surface area contributed by atoms with Gasteiger partial charge in [0.05, 0.1) is 35.6 Å². The molecule has 0 spiro atoms. The Bertz CT molecular complexity index is 886. The number of imidazole rings is 1. The van der Waals surface area contributed by atoms with Crippen LogP contribution in [0.1, 0.15) is 10.4 Å². The average Bonchev–Trinajstić information content (AvgIpc) is 2.86. The molecule has 5 nitrogen and oxygen atoms in total. The first-order chi connectivity index (χ1) is 10.5. The third-order valence-corrected chi connectivity index (χ3v) is 3.56. The van der Waals surface area contributed by atoms with E-state index in [0.29, 0.717) is 11.0 Å². The van der Waals surface area contributed by atoms with Crippen LogP contribution in [-0.4, -0.2) is 27.7 Å². The van der Waals surface area contributed by atoms with Crippen LogP contribution in [-0.2, 0) is 7.05 Å². The van der Waals surface area contributed by atoms with E-state index < -0.39 is 11.8 Å². The first kappa shape index (κ1) is 14.1. The lowest BCUT2D eigenvalue weighted by Gasteiger charge is -2.12. The second-order valence-electron chi connectivity index (χ2n) is 4.86. The van der Waals surface area contributed by atoms with Gasteiger partial charge in [-0.1, -0.05) is 6.07 Å². The number of nitrogens with zero attached hydrogens (tertiary/aromatic N) is 2. The number of methoxy groups -OCH3 is 1. The molecule has 0 atom stereocenters. The lowest BCUT2D eigenvalue weighted by molar-refractivity contribution is 0.0698. The minimum Gasteiger partial charge on any atom is -0.496 e. The molecule has 0 aliphatic heterocycles. The van der Waals surface area contributed by atoms with E-state index in [9.17, 15) is 14.3 Å². The summed E-state index contributed by atoms with van der Waals surface area (Å²) < 4.78 is 21.2. The number of carboxylic acids is 1. The van der Waals surface area contributed by atoms with Crippen molar-refractivity contribution >= 4 is 17.0 Å². The van der Waals surface area contributed by atoms with Gasteiger partial charge in [-0.25, -0.2) is 14.2 Å². The topological polar surface area (TPSA) is 64.4 Å². The molecule has 0 fully saturated rings. The molecule has 3 aromatic rings. The number of halogens is 1. The van der Waals surface area contributed by atoms with Crippen molar-refractivity contribution in [1.29, 1.82) is 0 Å². The average molecular weight is 300 g/mol. The number of hydrogen-bond acceptors (Lipinski definition) is 3. The maximum Gasteiger partial charge on any atom is 0.336 e. The molecular weight excluding hydrogens is 287 g/mol. The number of rotatable bonds is 3. The maximum absolute atomic E-state index is 14.3. The van der Waals surface area contributed by atoms with Crippen molar-refractivity contribution in [2.24, 2.45) is 7.05 Å². The highest BCUT2D eigenvalue weighted by Crippen LogP contribution is 2.36. The van der Waals surface area contributed by atoms with Crippen molar-refractivity contribution in [3.05, 3.63) is 48.0 Å². The fourth-order valence-corrected chi connectivity index (χ4v) is 2.49. The van der Waals surface area contributed by atoms with Crippen LogP contribution >= 0.6 is 0 Å². The van der Waals surface area contributed by atoms with Crippen molar-refractivity contribution < 1.29 is 19.0 Å². The molecule has 3 rings (SSSR count). The van der Waals surface area contributed by atoms with Crippen LogP contribution < -0.4 is 4.74 Å². The van der Waals surface area contributed by atoms with Gasteiger partial charge < -0.3 is 14.4 Å². The van der Waals surface area contributed by atoms with E-state index >= 15 is 0 Å². The number of ether oxygens (including phenoxy) is 1. The summed E-state index contributed by atoms with van der Waals surface area (Å²) in [6.45, 7) is 0. The number of benzene rings is 2. The SMILES string of the molecule is COc1cccc(F)c1-c1cc2ncn(C)c2cc1C(=O)O. The van der Waals surface area contributed by atoms with Crippen molar-refractivity contribution in [3.63, 3.8) is 0 Å². The highest BCUT2D eigenvalue weighted by Gasteiger charge is 2.20. The Kier molecular flexibility index (Phi) is 3.29.